The molecule has 9 rings (SSSR count). The van der Waals surface area contributed by atoms with Crippen molar-refractivity contribution in [3.05, 3.63) is 150 Å². The number of aliphatic imine (C=N–C) groups is 2. The highest BCUT2D eigenvalue weighted by Gasteiger charge is 2.40. The van der Waals surface area contributed by atoms with Crippen LogP contribution in [0.2, 0.25) is 0 Å². The molecule has 6 aromatic carbocycles. The topological polar surface area (TPSA) is 40.4 Å². The summed E-state index contributed by atoms with van der Waals surface area (Å²) in [7, 11) is 4.34. The van der Waals surface area contributed by atoms with E-state index in [9.17, 15) is 0 Å². The lowest BCUT2D eigenvalue weighted by atomic mass is 9.94. The zero-order valence-electron chi connectivity index (χ0n) is 25.2. The summed E-state index contributed by atoms with van der Waals surface area (Å²) in [4.78, 5) is 15.1. The maximum atomic E-state index is 6.36. The van der Waals surface area contributed by atoms with E-state index in [1.165, 1.54) is 37.9 Å². The van der Waals surface area contributed by atoms with Gasteiger partial charge in [-0.05, 0) is 74.8 Å². The van der Waals surface area contributed by atoms with Gasteiger partial charge in [0.1, 0.15) is 36.1 Å². The molecule has 0 saturated carbocycles. The second-order valence-electron chi connectivity index (χ2n) is 12.2. The largest absolute Gasteiger partial charge is 0.483 e. The quantitative estimate of drug-likeness (QED) is 0.196. The first-order valence-electron chi connectivity index (χ1n) is 15.6. The fraction of sp³-hybridized carbons (Fsp3) is 0.150. The van der Waals surface area contributed by atoms with Crippen LogP contribution < -0.4 is 4.74 Å². The monoisotopic (exact) mass is 584 g/mol. The molecule has 6 aromatic rings. The summed E-state index contributed by atoms with van der Waals surface area (Å²) in [5.41, 5.74) is 4.57. The van der Waals surface area contributed by atoms with Crippen LogP contribution in [0.4, 0.5) is 0 Å². The standard InChI is InChI=1S/C40H32N4O/c1-43-38(28-18-17-26-20-21-30-29-13-7-6-10-25(29)19-22-31(30)33(26)24-28)42-39(44(2)40(43)27-11-4-3-5-12-27)32-14-8-15-34-36(32)37-35(45-34)16-9-23-41-37/h3-24,35,37-38,40H,1-2H3. The van der Waals surface area contributed by atoms with Gasteiger partial charge in [0, 0.05) is 24.4 Å². The van der Waals surface area contributed by atoms with Crippen molar-refractivity contribution in [1.29, 1.82) is 0 Å². The van der Waals surface area contributed by atoms with Crippen LogP contribution in [0.5, 0.6) is 5.75 Å². The second-order valence-corrected chi connectivity index (χ2v) is 12.2. The van der Waals surface area contributed by atoms with E-state index < -0.39 is 0 Å². The van der Waals surface area contributed by atoms with Crippen LogP contribution in [0.3, 0.4) is 0 Å². The van der Waals surface area contributed by atoms with Crippen LogP contribution in [-0.2, 0) is 0 Å². The van der Waals surface area contributed by atoms with E-state index in [-0.39, 0.29) is 24.5 Å². The van der Waals surface area contributed by atoms with Gasteiger partial charge in [-0.3, -0.25) is 9.89 Å². The minimum absolute atomic E-state index is 0.0282. The summed E-state index contributed by atoms with van der Waals surface area (Å²) in [6, 6.07) is 41.5. The van der Waals surface area contributed by atoms with E-state index in [4.69, 9.17) is 14.7 Å². The molecule has 5 heteroatoms. The Bertz CT molecular complexity index is 2220. The fourth-order valence-electron chi connectivity index (χ4n) is 7.60. The molecule has 0 amide bonds. The zero-order chi connectivity index (χ0) is 30.1. The number of fused-ring (bicyclic) bond motifs is 8. The molecule has 0 fully saturated rings. The van der Waals surface area contributed by atoms with Crippen LogP contribution in [0.25, 0.3) is 32.3 Å². The molecule has 0 spiro atoms. The zero-order valence-corrected chi connectivity index (χ0v) is 25.2. The second kappa shape index (κ2) is 10.1. The number of dihydropyridines is 1. The number of hydrogen-bond acceptors (Lipinski definition) is 5. The minimum Gasteiger partial charge on any atom is -0.483 e. The van der Waals surface area contributed by atoms with Gasteiger partial charge in [0.25, 0.3) is 0 Å². The number of benzene rings is 6. The van der Waals surface area contributed by atoms with Crippen LogP contribution in [0, 0.1) is 0 Å². The average molecular weight is 585 g/mol. The Morgan fingerprint density at radius 1 is 0.667 bits per heavy atom. The fourth-order valence-corrected chi connectivity index (χ4v) is 7.60. The molecule has 0 saturated heterocycles. The van der Waals surface area contributed by atoms with Crippen LogP contribution in [-0.4, -0.2) is 42.0 Å². The molecule has 218 valence electrons. The average Bonchev–Trinajstić information content (AvgIpc) is 3.48. The number of rotatable bonds is 3. The van der Waals surface area contributed by atoms with Crippen molar-refractivity contribution < 1.29 is 4.74 Å². The molecule has 0 N–H and O–H groups in total. The minimum atomic E-state index is -0.203. The molecule has 5 nitrogen and oxygen atoms in total. The predicted molar refractivity (Wildman–Crippen MR) is 184 cm³/mol. The Balaban J connectivity index is 1.24. The SMILES string of the molecule is CN1C(c2cccc3c2C2N=CC=CC2O3)=NC(c2ccc3ccc4c5ccccc5ccc4c3c2)N(C)C1c1ccccc1. The van der Waals surface area contributed by atoms with Gasteiger partial charge in [-0.2, -0.15) is 0 Å². The van der Waals surface area contributed by atoms with E-state index in [1.807, 2.05) is 12.3 Å². The predicted octanol–water partition coefficient (Wildman–Crippen LogP) is 8.61. The van der Waals surface area contributed by atoms with E-state index in [1.54, 1.807) is 0 Å². The van der Waals surface area contributed by atoms with Crippen molar-refractivity contribution in [2.45, 2.75) is 24.5 Å². The van der Waals surface area contributed by atoms with Crippen LogP contribution in [0.1, 0.15) is 40.6 Å². The molecular formula is C40H32N4O. The van der Waals surface area contributed by atoms with Crippen molar-refractivity contribution in [2.75, 3.05) is 14.1 Å². The molecule has 4 unspecified atom stereocenters. The summed E-state index contributed by atoms with van der Waals surface area (Å²) < 4.78 is 6.36. The van der Waals surface area contributed by atoms with Gasteiger partial charge in [-0.1, -0.05) is 103 Å². The van der Waals surface area contributed by atoms with Gasteiger partial charge in [0.15, 0.2) is 0 Å². The Hall–Kier alpha value is -5.26. The summed E-state index contributed by atoms with van der Waals surface area (Å²) in [6.07, 6.45) is 5.63. The van der Waals surface area contributed by atoms with E-state index in [0.717, 1.165) is 28.3 Å². The molecular weight excluding hydrogens is 552 g/mol. The lowest BCUT2D eigenvalue weighted by Gasteiger charge is -2.45. The molecule has 0 bridgehead atoms. The molecule has 0 aromatic heterocycles. The Morgan fingerprint density at radius 2 is 1.42 bits per heavy atom. The summed E-state index contributed by atoms with van der Waals surface area (Å²) in [5.74, 6) is 1.83. The first kappa shape index (κ1) is 26.2. The summed E-state index contributed by atoms with van der Waals surface area (Å²) in [5, 5.41) is 7.55. The molecule has 3 heterocycles. The first-order chi connectivity index (χ1) is 22.2. The maximum Gasteiger partial charge on any atom is 0.144 e. The van der Waals surface area contributed by atoms with Crippen molar-refractivity contribution in [1.82, 2.24) is 9.80 Å². The number of nitrogens with zero attached hydrogens (tertiary/aromatic N) is 4. The van der Waals surface area contributed by atoms with Crippen molar-refractivity contribution in [3.8, 4) is 5.75 Å². The number of amidine groups is 1. The molecule has 3 aliphatic heterocycles. The molecule has 45 heavy (non-hydrogen) atoms. The molecule has 0 aliphatic carbocycles. The maximum absolute atomic E-state index is 6.36. The summed E-state index contributed by atoms with van der Waals surface area (Å²) >= 11 is 0. The van der Waals surface area contributed by atoms with Gasteiger partial charge in [-0.25, -0.2) is 4.99 Å². The number of allylic oxidation sites excluding steroid dienone is 1. The van der Waals surface area contributed by atoms with Gasteiger partial charge in [0.05, 0.1) is 0 Å². The third kappa shape index (κ3) is 4.04. The number of hydrogen-bond donors (Lipinski definition) is 0. The van der Waals surface area contributed by atoms with Crippen molar-refractivity contribution in [2.24, 2.45) is 9.98 Å². The molecule has 4 atom stereocenters. The van der Waals surface area contributed by atoms with Crippen LogP contribution >= 0.6 is 0 Å². The Kier molecular flexibility index (Phi) is 5.90. The lowest BCUT2D eigenvalue weighted by molar-refractivity contribution is 0.0744. The highest BCUT2D eigenvalue weighted by atomic mass is 16.5. The van der Waals surface area contributed by atoms with Crippen LogP contribution in [0.15, 0.2) is 137 Å². The molecule has 0 radical (unpaired) electrons. The van der Waals surface area contributed by atoms with Gasteiger partial charge in [-0.15, -0.1) is 0 Å². The first-order valence-corrected chi connectivity index (χ1v) is 15.6. The van der Waals surface area contributed by atoms with Crippen molar-refractivity contribution >= 4 is 44.4 Å². The van der Waals surface area contributed by atoms with Gasteiger partial charge in [0.2, 0.25) is 0 Å². The highest BCUT2D eigenvalue weighted by Crippen LogP contribution is 2.46. The highest BCUT2D eigenvalue weighted by molar-refractivity contribution is 6.17. The van der Waals surface area contributed by atoms with Gasteiger partial charge < -0.3 is 9.64 Å². The third-order valence-electron chi connectivity index (χ3n) is 9.69. The smallest absolute Gasteiger partial charge is 0.144 e. The van der Waals surface area contributed by atoms with Gasteiger partial charge >= 0.3 is 0 Å². The normalized spacial score (nSPS) is 22.4. The molecule has 3 aliphatic rings. The number of ether oxygens (including phenoxy) is 1. The van der Waals surface area contributed by atoms with Crippen molar-refractivity contribution in [3.63, 3.8) is 0 Å². The summed E-state index contributed by atoms with van der Waals surface area (Å²) in [6.45, 7) is 0. The third-order valence-corrected chi connectivity index (χ3v) is 9.69. The van der Waals surface area contributed by atoms with E-state index in [2.05, 4.69) is 145 Å². The Morgan fingerprint density at radius 3 is 2.29 bits per heavy atom. The van der Waals surface area contributed by atoms with E-state index >= 15 is 0 Å². The van der Waals surface area contributed by atoms with E-state index in [0.29, 0.717) is 0 Å². The lowest BCUT2D eigenvalue weighted by Crippen LogP contribution is -2.47. The Labute approximate surface area is 262 Å².